The summed E-state index contributed by atoms with van der Waals surface area (Å²) in [5, 5.41) is 5.31. The van der Waals surface area contributed by atoms with Crippen molar-refractivity contribution in [3.63, 3.8) is 0 Å². The predicted molar refractivity (Wildman–Crippen MR) is 65.6 cm³/mol. The molecule has 2 rings (SSSR count). The number of rotatable bonds is 4. The minimum Gasteiger partial charge on any atom is -0.376 e. The molecular weight excluding hydrogens is 277 g/mol. The third-order valence-electron chi connectivity index (χ3n) is 2.64. The molecule has 0 aliphatic carbocycles. The molecule has 1 unspecified atom stereocenters. The molecule has 6 nitrogen and oxygen atoms in total. The first kappa shape index (κ1) is 14.8. The van der Waals surface area contributed by atoms with E-state index in [2.05, 4.69) is 20.6 Å². The van der Waals surface area contributed by atoms with Gasteiger partial charge in [0.2, 0.25) is 5.95 Å². The Labute approximate surface area is 113 Å². The van der Waals surface area contributed by atoms with Crippen LogP contribution in [0.5, 0.6) is 0 Å². The van der Waals surface area contributed by atoms with Crippen molar-refractivity contribution >= 4 is 11.8 Å². The lowest BCUT2D eigenvalue weighted by Gasteiger charge is -2.23. The van der Waals surface area contributed by atoms with Crippen LogP contribution in [0.4, 0.5) is 24.9 Å². The summed E-state index contributed by atoms with van der Waals surface area (Å²) in [7, 11) is 1.46. The SMILES string of the molecule is CNc1nc(NCC2COCCO2)cc(C(F)(F)F)n1. The summed E-state index contributed by atoms with van der Waals surface area (Å²) in [6, 6.07) is 0.866. The van der Waals surface area contributed by atoms with Gasteiger partial charge in [0.15, 0.2) is 5.69 Å². The molecule has 112 valence electrons. The predicted octanol–water partition coefficient (Wildman–Crippen LogP) is 1.36. The molecule has 0 amide bonds. The molecule has 9 heteroatoms. The average Bonchev–Trinajstić information content (AvgIpc) is 2.45. The van der Waals surface area contributed by atoms with Crippen molar-refractivity contribution in [1.29, 1.82) is 0 Å². The summed E-state index contributed by atoms with van der Waals surface area (Å²) >= 11 is 0. The van der Waals surface area contributed by atoms with E-state index in [1.165, 1.54) is 7.05 Å². The Kier molecular flexibility index (Phi) is 4.61. The standard InChI is InChI=1S/C11H15F3N4O2/c1-15-10-17-8(11(12,13)14)4-9(18-10)16-5-7-6-19-2-3-20-7/h4,7H,2-3,5-6H2,1H3,(H2,15,16,17,18). The molecule has 0 saturated carbocycles. The van der Waals surface area contributed by atoms with Gasteiger partial charge in [0, 0.05) is 19.7 Å². The van der Waals surface area contributed by atoms with Gasteiger partial charge < -0.3 is 20.1 Å². The van der Waals surface area contributed by atoms with E-state index in [0.29, 0.717) is 26.4 Å². The van der Waals surface area contributed by atoms with E-state index in [9.17, 15) is 13.2 Å². The van der Waals surface area contributed by atoms with E-state index in [1.807, 2.05) is 0 Å². The quantitative estimate of drug-likeness (QED) is 0.873. The van der Waals surface area contributed by atoms with E-state index < -0.39 is 11.9 Å². The molecule has 20 heavy (non-hydrogen) atoms. The number of nitrogens with one attached hydrogen (secondary N) is 2. The van der Waals surface area contributed by atoms with Gasteiger partial charge in [-0.1, -0.05) is 0 Å². The number of ether oxygens (including phenoxy) is 2. The highest BCUT2D eigenvalue weighted by Gasteiger charge is 2.33. The Hall–Kier alpha value is -1.61. The molecule has 2 heterocycles. The molecule has 2 N–H and O–H groups in total. The molecule has 1 atom stereocenters. The topological polar surface area (TPSA) is 68.3 Å². The fourth-order valence-electron chi connectivity index (χ4n) is 1.67. The maximum absolute atomic E-state index is 12.7. The van der Waals surface area contributed by atoms with E-state index in [1.54, 1.807) is 0 Å². The normalized spacial score (nSPS) is 19.7. The molecule has 0 spiro atoms. The zero-order valence-electron chi connectivity index (χ0n) is 10.8. The van der Waals surface area contributed by atoms with Crippen LogP contribution >= 0.6 is 0 Å². The van der Waals surface area contributed by atoms with Gasteiger partial charge in [-0.05, 0) is 0 Å². The molecule has 1 aromatic rings. The maximum atomic E-state index is 12.7. The van der Waals surface area contributed by atoms with Crippen molar-refractivity contribution in [2.75, 3.05) is 44.0 Å². The molecule has 1 fully saturated rings. The molecule has 1 saturated heterocycles. The highest BCUT2D eigenvalue weighted by molar-refractivity contribution is 5.43. The van der Waals surface area contributed by atoms with Crippen LogP contribution in [0.1, 0.15) is 5.69 Å². The highest BCUT2D eigenvalue weighted by atomic mass is 19.4. The van der Waals surface area contributed by atoms with Gasteiger partial charge in [0.1, 0.15) is 5.82 Å². The first-order chi connectivity index (χ1) is 9.49. The second-order valence-corrected chi connectivity index (χ2v) is 4.16. The summed E-state index contributed by atoms with van der Waals surface area (Å²) in [6.45, 7) is 1.73. The Bertz CT molecular complexity index is 450. The van der Waals surface area contributed by atoms with Crippen LogP contribution in [0.3, 0.4) is 0 Å². The summed E-state index contributed by atoms with van der Waals surface area (Å²) in [6.07, 6.45) is -4.72. The Balaban J connectivity index is 2.06. The zero-order chi connectivity index (χ0) is 14.6. The first-order valence-electron chi connectivity index (χ1n) is 6.06. The second-order valence-electron chi connectivity index (χ2n) is 4.16. The van der Waals surface area contributed by atoms with Crippen molar-refractivity contribution in [2.45, 2.75) is 12.3 Å². The van der Waals surface area contributed by atoms with Crippen LogP contribution in [0.2, 0.25) is 0 Å². The number of anilines is 2. The van der Waals surface area contributed by atoms with Gasteiger partial charge in [0.25, 0.3) is 0 Å². The third-order valence-corrected chi connectivity index (χ3v) is 2.64. The third kappa shape index (κ3) is 3.94. The van der Waals surface area contributed by atoms with Crippen molar-refractivity contribution < 1.29 is 22.6 Å². The molecule has 1 aliphatic heterocycles. The second kappa shape index (κ2) is 6.23. The number of hydrogen-bond acceptors (Lipinski definition) is 6. The highest BCUT2D eigenvalue weighted by Crippen LogP contribution is 2.29. The number of alkyl halides is 3. The van der Waals surface area contributed by atoms with Crippen molar-refractivity contribution in [1.82, 2.24) is 9.97 Å². The average molecular weight is 292 g/mol. The van der Waals surface area contributed by atoms with E-state index >= 15 is 0 Å². The van der Waals surface area contributed by atoms with Crippen molar-refractivity contribution in [2.24, 2.45) is 0 Å². The summed E-state index contributed by atoms with van der Waals surface area (Å²) in [4.78, 5) is 7.29. The Morgan fingerprint density at radius 2 is 2.15 bits per heavy atom. The van der Waals surface area contributed by atoms with Crippen LogP contribution in [-0.4, -0.2) is 49.5 Å². The van der Waals surface area contributed by atoms with E-state index in [-0.39, 0.29) is 17.9 Å². The molecule has 0 radical (unpaired) electrons. The van der Waals surface area contributed by atoms with Crippen LogP contribution in [0.15, 0.2) is 6.07 Å². The smallest absolute Gasteiger partial charge is 0.376 e. The minimum absolute atomic E-state index is 0.0887. The molecule has 0 bridgehead atoms. The van der Waals surface area contributed by atoms with Gasteiger partial charge in [-0.3, -0.25) is 0 Å². The number of halogens is 3. The fourth-order valence-corrected chi connectivity index (χ4v) is 1.67. The van der Waals surface area contributed by atoms with Crippen molar-refractivity contribution in [3.05, 3.63) is 11.8 Å². The van der Waals surface area contributed by atoms with Gasteiger partial charge in [-0.15, -0.1) is 0 Å². The summed E-state index contributed by atoms with van der Waals surface area (Å²) in [5.74, 6) is -0.00557. The Morgan fingerprint density at radius 3 is 2.75 bits per heavy atom. The number of nitrogens with zero attached hydrogens (tertiary/aromatic N) is 2. The first-order valence-corrected chi connectivity index (χ1v) is 6.06. The molecular formula is C11H15F3N4O2. The van der Waals surface area contributed by atoms with E-state index in [0.717, 1.165) is 6.07 Å². The number of hydrogen-bond donors (Lipinski definition) is 2. The number of aromatic nitrogens is 2. The van der Waals surface area contributed by atoms with Gasteiger partial charge >= 0.3 is 6.18 Å². The van der Waals surface area contributed by atoms with Crippen LogP contribution in [0.25, 0.3) is 0 Å². The van der Waals surface area contributed by atoms with E-state index in [4.69, 9.17) is 9.47 Å². The fraction of sp³-hybridized carbons (Fsp3) is 0.636. The summed E-state index contributed by atoms with van der Waals surface area (Å²) in [5.41, 5.74) is -1.000. The Morgan fingerprint density at radius 1 is 1.35 bits per heavy atom. The lowest BCUT2D eigenvalue weighted by Crippen LogP contribution is -2.34. The van der Waals surface area contributed by atoms with Gasteiger partial charge in [-0.2, -0.15) is 18.2 Å². The zero-order valence-corrected chi connectivity index (χ0v) is 10.8. The molecule has 0 aromatic carbocycles. The minimum atomic E-state index is -4.52. The van der Waals surface area contributed by atoms with Gasteiger partial charge in [-0.25, -0.2) is 4.98 Å². The monoisotopic (exact) mass is 292 g/mol. The van der Waals surface area contributed by atoms with Crippen molar-refractivity contribution in [3.8, 4) is 0 Å². The molecule has 1 aromatic heterocycles. The van der Waals surface area contributed by atoms with Crippen LogP contribution < -0.4 is 10.6 Å². The lowest BCUT2D eigenvalue weighted by atomic mass is 10.3. The lowest BCUT2D eigenvalue weighted by molar-refractivity contribution is -0.141. The van der Waals surface area contributed by atoms with Crippen LogP contribution in [-0.2, 0) is 15.7 Å². The molecule has 1 aliphatic rings. The summed E-state index contributed by atoms with van der Waals surface area (Å²) < 4.78 is 48.7. The largest absolute Gasteiger partial charge is 0.433 e. The van der Waals surface area contributed by atoms with Crippen LogP contribution in [0, 0.1) is 0 Å². The maximum Gasteiger partial charge on any atom is 0.433 e. The van der Waals surface area contributed by atoms with Gasteiger partial charge in [0.05, 0.1) is 25.9 Å².